The van der Waals surface area contributed by atoms with Gasteiger partial charge in [-0.05, 0) is 31.1 Å². The van der Waals surface area contributed by atoms with Crippen LogP contribution in [0.4, 0.5) is 0 Å². The van der Waals surface area contributed by atoms with Crippen molar-refractivity contribution in [2.75, 3.05) is 18.4 Å². The maximum Gasteiger partial charge on any atom is 0.223 e. The largest absolute Gasteiger partial charge is 0.343 e. The van der Waals surface area contributed by atoms with E-state index in [1.165, 1.54) is 38.5 Å². The third-order valence-electron chi connectivity index (χ3n) is 4.15. The molecule has 1 aliphatic heterocycles. The second kappa shape index (κ2) is 4.86. The molecule has 0 radical (unpaired) electrons. The molecule has 0 bridgehead atoms. The first kappa shape index (κ1) is 11.4. The van der Waals surface area contributed by atoms with Gasteiger partial charge in [-0.2, -0.15) is 0 Å². The highest BCUT2D eigenvalue weighted by Crippen LogP contribution is 2.46. The topological polar surface area (TPSA) is 20.3 Å². The Hall–Kier alpha value is -0.0500. The lowest BCUT2D eigenvalue weighted by Crippen LogP contribution is -2.42. The Kier molecular flexibility index (Phi) is 3.70. The van der Waals surface area contributed by atoms with Gasteiger partial charge < -0.3 is 4.90 Å². The van der Waals surface area contributed by atoms with E-state index >= 15 is 0 Å². The van der Waals surface area contributed by atoms with Crippen molar-refractivity contribution in [3.8, 4) is 0 Å². The van der Waals surface area contributed by atoms with Crippen LogP contribution < -0.4 is 0 Å². The maximum atomic E-state index is 11.7. The fraction of sp³-hybridized carbons (Fsp3) is 0.917. The molecule has 86 valence electrons. The summed E-state index contributed by atoms with van der Waals surface area (Å²) in [6.45, 7) is 2.01. The van der Waals surface area contributed by atoms with Gasteiger partial charge in [-0.1, -0.05) is 28.8 Å². The number of carbonyl (C=O) groups is 1. The zero-order valence-electron chi connectivity index (χ0n) is 9.30. The molecule has 1 spiro atoms. The van der Waals surface area contributed by atoms with Crippen LogP contribution in [-0.2, 0) is 4.79 Å². The Balaban J connectivity index is 1.83. The molecule has 2 nitrogen and oxygen atoms in total. The Morgan fingerprint density at radius 2 is 1.73 bits per heavy atom. The normalized spacial score (nSPS) is 24.7. The lowest BCUT2D eigenvalue weighted by atomic mass is 9.77. The van der Waals surface area contributed by atoms with Crippen LogP contribution in [0.1, 0.15) is 44.9 Å². The molecule has 0 aromatic rings. The van der Waals surface area contributed by atoms with E-state index in [1.807, 2.05) is 0 Å². The first-order valence-corrected chi connectivity index (χ1v) is 7.22. The van der Waals surface area contributed by atoms with Gasteiger partial charge in [-0.25, -0.2) is 0 Å². The summed E-state index contributed by atoms with van der Waals surface area (Å²) in [5.41, 5.74) is 0.630. The van der Waals surface area contributed by atoms with Gasteiger partial charge in [0.2, 0.25) is 5.91 Å². The maximum absolute atomic E-state index is 11.7. The van der Waals surface area contributed by atoms with E-state index in [-0.39, 0.29) is 0 Å². The second-order valence-electron chi connectivity index (χ2n) is 5.03. The minimum atomic E-state index is 0.333. The van der Waals surface area contributed by atoms with Gasteiger partial charge >= 0.3 is 0 Å². The summed E-state index contributed by atoms with van der Waals surface area (Å²) >= 11 is 3.33. The van der Waals surface area contributed by atoms with Gasteiger partial charge in [0.15, 0.2) is 0 Å². The van der Waals surface area contributed by atoms with Crippen molar-refractivity contribution in [2.45, 2.75) is 44.9 Å². The number of halogens is 1. The highest BCUT2D eigenvalue weighted by atomic mass is 79.9. The van der Waals surface area contributed by atoms with Crippen molar-refractivity contribution in [3.63, 3.8) is 0 Å². The zero-order valence-corrected chi connectivity index (χ0v) is 10.9. The molecule has 2 fully saturated rings. The molecule has 2 rings (SSSR count). The number of hydrogen-bond donors (Lipinski definition) is 0. The molecule has 0 aromatic carbocycles. The molecule has 0 N–H and O–H groups in total. The summed E-state index contributed by atoms with van der Waals surface area (Å²) in [4.78, 5) is 13.8. The predicted octanol–water partition coefficient (Wildman–Crippen LogP) is 2.95. The lowest BCUT2D eigenvalue weighted by Gasteiger charge is -2.39. The van der Waals surface area contributed by atoms with E-state index in [9.17, 15) is 4.79 Å². The number of piperidine rings is 1. The molecule has 1 amide bonds. The van der Waals surface area contributed by atoms with E-state index in [0.29, 0.717) is 17.7 Å². The minimum absolute atomic E-state index is 0.333. The van der Waals surface area contributed by atoms with Crippen LogP contribution >= 0.6 is 15.9 Å². The zero-order chi connectivity index (χ0) is 10.7. The Morgan fingerprint density at radius 1 is 1.13 bits per heavy atom. The third kappa shape index (κ3) is 2.55. The predicted molar refractivity (Wildman–Crippen MR) is 65.1 cm³/mol. The standard InChI is InChI=1S/C12H20BrNO/c13-8-3-11(15)14-9-6-12(7-10-14)4-1-2-5-12/h1-10H2. The van der Waals surface area contributed by atoms with Gasteiger partial charge in [-0.3, -0.25) is 4.79 Å². The highest BCUT2D eigenvalue weighted by molar-refractivity contribution is 9.09. The van der Waals surface area contributed by atoms with E-state index in [0.717, 1.165) is 18.4 Å². The van der Waals surface area contributed by atoms with Crippen molar-refractivity contribution in [1.29, 1.82) is 0 Å². The van der Waals surface area contributed by atoms with Crippen LogP contribution in [0.25, 0.3) is 0 Å². The first-order valence-electron chi connectivity index (χ1n) is 6.10. The van der Waals surface area contributed by atoms with Crippen molar-refractivity contribution in [3.05, 3.63) is 0 Å². The van der Waals surface area contributed by atoms with Crippen LogP contribution in [0.15, 0.2) is 0 Å². The van der Waals surface area contributed by atoms with Crippen LogP contribution in [0.5, 0.6) is 0 Å². The smallest absolute Gasteiger partial charge is 0.223 e. The average Bonchev–Trinajstić information content (AvgIpc) is 2.68. The van der Waals surface area contributed by atoms with Crippen molar-refractivity contribution in [1.82, 2.24) is 4.90 Å². The molecule has 1 saturated heterocycles. The number of alkyl halides is 1. The molecule has 1 saturated carbocycles. The Labute approximate surface area is 101 Å². The van der Waals surface area contributed by atoms with Gasteiger partial charge in [0.25, 0.3) is 0 Å². The van der Waals surface area contributed by atoms with Crippen LogP contribution in [0, 0.1) is 5.41 Å². The third-order valence-corrected chi connectivity index (χ3v) is 4.55. The van der Waals surface area contributed by atoms with Crippen LogP contribution in [0.2, 0.25) is 0 Å². The summed E-state index contributed by atoms with van der Waals surface area (Å²) in [6, 6.07) is 0. The minimum Gasteiger partial charge on any atom is -0.343 e. The number of likely N-dealkylation sites (tertiary alicyclic amines) is 1. The molecule has 0 unspecified atom stereocenters. The van der Waals surface area contributed by atoms with E-state index < -0.39 is 0 Å². The molecule has 1 aliphatic carbocycles. The quantitative estimate of drug-likeness (QED) is 0.709. The van der Waals surface area contributed by atoms with Crippen LogP contribution in [0.3, 0.4) is 0 Å². The molecule has 0 aromatic heterocycles. The first-order chi connectivity index (χ1) is 7.26. The van der Waals surface area contributed by atoms with Gasteiger partial charge in [0.05, 0.1) is 0 Å². The van der Waals surface area contributed by atoms with Crippen molar-refractivity contribution < 1.29 is 4.79 Å². The molecular weight excluding hydrogens is 254 g/mol. The molecule has 1 heterocycles. The Morgan fingerprint density at radius 3 is 2.27 bits per heavy atom. The fourth-order valence-corrected chi connectivity index (χ4v) is 3.43. The van der Waals surface area contributed by atoms with Gasteiger partial charge in [-0.15, -0.1) is 0 Å². The number of nitrogens with zero attached hydrogens (tertiary/aromatic N) is 1. The molecule has 2 aliphatic rings. The van der Waals surface area contributed by atoms with Gasteiger partial charge in [0, 0.05) is 24.8 Å². The molecule has 3 heteroatoms. The number of hydrogen-bond acceptors (Lipinski definition) is 1. The van der Waals surface area contributed by atoms with Gasteiger partial charge in [0.1, 0.15) is 0 Å². The van der Waals surface area contributed by atoms with E-state index in [2.05, 4.69) is 20.8 Å². The SMILES string of the molecule is O=C(CCBr)N1CCC2(CCCC2)CC1. The number of amides is 1. The number of rotatable bonds is 2. The van der Waals surface area contributed by atoms with E-state index in [4.69, 9.17) is 0 Å². The number of carbonyl (C=O) groups excluding carboxylic acids is 1. The lowest BCUT2D eigenvalue weighted by molar-refractivity contribution is -0.133. The van der Waals surface area contributed by atoms with Crippen LogP contribution in [-0.4, -0.2) is 29.2 Å². The van der Waals surface area contributed by atoms with Crippen molar-refractivity contribution in [2.24, 2.45) is 5.41 Å². The average molecular weight is 274 g/mol. The summed E-state index contributed by atoms with van der Waals surface area (Å²) in [5.74, 6) is 0.333. The second-order valence-corrected chi connectivity index (χ2v) is 5.82. The van der Waals surface area contributed by atoms with Crippen molar-refractivity contribution >= 4 is 21.8 Å². The summed E-state index contributed by atoms with van der Waals surface area (Å²) in [7, 11) is 0. The molecule has 0 atom stereocenters. The highest BCUT2D eigenvalue weighted by Gasteiger charge is 2.37. The molecular formula is C12H20BrNO. The fourth-order valence-electron chi connectivity index (χ4n) is 3.09. The summed E-state index contributed by atoms with van der Waals surface area (Å²) in [6.07, 6.45) is 8.81. The summed E-state index contributed by atoms with van der Waals surface area (Å²) in [5, 5.41) is 0.799. The Bertz CT molecular complexity index is 226. The monoisotopic (exact) mass is 273 g/mol. The summed E-state index contributed by atoms with van der Waals surface area (Å²) < 4.78 is 0. The molecule has 15 heavy (non-hydrogen) atoms. The van der Waals surface area contributed by atoms with E-state index in [1.54, 1.807) is 0 Å².